The molecule has 0 unspecified atom stereocenters. The number of pyridine rings is 1. The Bertz CT molecular complexity index is 1250. The average molecular weight is 442 g/mol. The summed E-state index contributed by atoms with van der Waals surface area (Å²) in [6.45, 7) is 2.62. The third-order valence-electron chi connectivity index (χ3n) is 6.10. The predicted molar refractivity (Wildman–Crippen MR) is 141 cm³/mol. The van der Waals surface area contributed by atoms with Crippen LogP contribution in [-0.4, -0.2) is 6.54 Å². The predicted octanol–water partition coefficient (Wildman–Crippen LogP) is 6.76. The third kappa shape index (κ3) is 5.14. The van der Waals surface area contributed by atoms with E-state index in [-0.39, 0.29) is 0 Å². The molecule has 0 saturated heterocycles. The van der Waals surface area contributed by atoms with Crippen molar-refractivity contribution in [3.05, 3.63) is 139 Å². The van der Waals surface area contributed by atoms with E-state index in [0.717, 1.165) is 19.6 Å². The molecule has 1 N–H and O–H groups in total. The van der Waals surface area contributed by atoms with Gasteiger partial charge in [0.2, 0.25) is 11.4 Å². The first-order chi connectivity index (χ1) is 16.9. The fraction of sp³-hybridized carbons (Fsp3) is 0.0938. The summed E-state index contributed by atoms with van der Waals surface area (Å²) >= 11 is 0. The Kier molecular flexibility index (Phi) is 6.89. The number of nitrogens with zero attached hydrogens (tertiary/aromatic N) is 1. The largest absolute Gasteiger partial charge is 0.307 e. The highest BCUT2D eigenvalue weighted by Crippen LogP contribution is 2.29. The van der Waals surface area contributed by atoms with Crippen molar-refractivity contribution in [1.29, 1.82) is 0 Å². The number of benzene rings is 4. The van der Waals surface area contributed by atoms with E-state index in [1.54, 1.807) is 0 Å². The second kappa shape index (κ2) is 10.7. The molecule has 0 radical (unpaired) electrons. The smallest absolute Gasteiger partial charge is 0.213 e. The molecule has 34 heavy (non-hydrogen) atoms. The van der Waals surface area contributed by atoms with E-state index in [1.165, 1.54) is 39.2 Å². The van der Waals surface area contributed by atoms with Gasteiger partial charge in [-0.1, -0.05) is 97.1 Å². The van der Waals surface area contributed by atoms with Crippen LogP contribution in [-0.2, 0) is 13.1 Å². The lowest BCUT2D eigenvalue weighted by atomic mass is 9.99. The standard InChI is InChI=1S/C32H29N2/c1-5-13-26(14-6-1)25-33-21-22-34-31(28-17-9-3-10-18-28)23-30(27-15-7-2-8-16-27)24-32(34)29-19-11-4-12-20-29/h1-20,23-24,33H,21-22,25H2/q+1. The summed E-state index contributed by atoms with van der Waals surface area (Å²) in [7, 11) is 0. The van der Waals surface area contributed by atoms with Crippen molar-refractivity contribution < 1.29 is 4.57 Å². The summed E-state index contributed by atoms with van der Waals surface area (Å²) < 4.78 is 2.45. The molecule has 1 heterocycles. The molecular formula is C32H29N2+. The quantitative estimate of drug-likeness (QED) is 0.208. The Hall–Kier alpha value is -4.01. The number of rotatable bonds is 8. The fourth-order valence-corrected chi connectivity index (χ4v) is 4.38. The summed E-state index contributed by atoms with van der Waals surface area (Å²) in [4.78, 5) is 0. The van der Waals surface area contributed by atoms with Gasteiger partial charge in [-0.15, -0.1) is 0 Å². The first-order valence-corrected chi connectivity index (χ1v) is 11.9. The van der Waals surface area contributed by atoms with Gasteiger partial charge in [0.25, 0.3) is 0 Å². The van der Waals surface area contributed by atoms with E-state index >= 15 is 0 Å². The zero-order valence-corrected chi connectivity index (χ0v) is 19.3. The normalized spacial score (nSPS) is 10.8. The van der Waals surface area contributed by atoms with Gasteiger partial charge in [0, 0.05) is 29.8 Å². The van der Waals surface area contributed by atoms with Crippen LogP contribution in [0.15, 0.2) is 133 Å². The molecule has 5 rings (SSSR count). The second-order valence-corrected chi connectivity index (χ2v) is 8.43. The van der Waals surface area contributed by atoms with Crippen molar-refractivity contribution in [1.82, 2.24) is 5.32 Å². The molecule has 5 aromatic rings. The lowest BCUT2D eigenvalue weighted by molar-refractivity contribution is -0.673. The molecule has 0 aliphatic heterocycles. The van der Waals surface area contributed by atoms with Crippen LogP contribution >= 0.6 is 0 Å². The summed E-state index contributed by atoms with van der Waals surface area (Å²) in [5.41, 5.74) is 8.65. The highest BCUT2D eigenvalue weighted by atomic mass is 15.0. The van der Waals surface area contributed by atoms with Gasteiger partial charge in [-0.05, 0) is 41.0 Å². The SMILES string of the molecule is c1ccc(CNCC[n+]2c(-c3ccccc3)cc(-c3ccccc3)cc2-c2ccccc2)cc1. The highest BCUT2D eigenvalue weighted by molar-refractivity contribution is 5.73. The van der Waals surface area contributed by atoms with Crippen molar-refractivity contribution in [2.24, 2.45) is 0 Å². The summed E-state index contributed by atoms with van der Waals surface area (Å²) in [5, 5.41) is 3.63. The zero-order valence-electron chi connectivity index (χ0n) is 19.3. The van der Waals surface area contributed by atoms with Gasteiger partial charge in [-0.2, -0.15) is 4.57 Å². The lowest BCUT2D eigenvalue weighted by Gasteiger charge is -2.13. The first kappa shape index (κ1) is 21.8. The Morgan fingerprint density at radius 3 is 1.41 bits per heavy atom. The van der Waals surface area contributed by atoms with Crippen molar-refractivity contribution in [2.75, 3.05) is 6.54 Å². The molecule has 1 aromatic heterocycles. The summed E-state index contributed by atoms with van der Waals surface area (Å²) in [6, 6.07) is 47.3. The number of hydrogen-bond acceptors (Lipinski definition) is 1. The topological polar surface area (TPSA) is 15.9 Å². The number of nitrogens with one attached hydrogen (secondary N) is 1. The van der Waals surface area contributed by atoms with Crippen LogP contribution in [0.1, 0.15) is 5.56 Å². The minimum Gasteiger partial charge on any atom is -0.307 e. The maximum absolute atomic E-state index is 3.63. The molecule has 0 bridgehead atoms. The summed E-state index contributed by atoms with van der Waals surface area (Å²) in [5.74, 6) is 0. The van der Waals surface area contributed by atoms with Crippen LogP contribution in [0.4, 0.5) is 0 Å². The maximum atomic E-state index is 3.63. The van der Waals surface area contributed by atoms with Gasteiger partial charge in [-0.3, -0.25) is 0 Å². The minimum absolute atomic E-state index is 0.866. The van der Waals surface area contributed by atoms with Crippen LogP contribution in [0, 0.1) is 0 Å². The van der Waals surface area contributed by atoms with Gasteiger partial charge in [0.15, 0.2) is 6.54 Å². The molecule has 0 aliphatic carbocycles. The van der Waals surface area contributed by atoms with Crippen molar-refractivity contribution in [2.45, 2.75) is 13.1 Å². The van der Waals surface area contributed by atoms with Gasteiger partial charge < -0.3 is 5.32 Å². The van der Waals surface area contributed by atoms with Gasteiger partial charge in [0.05, 0.1) is 6.54 Å². The molecule has 0 spiro atoms. The van der Waals surface area contributed by atoms with Gasteiger partial charge in [0.1, 0.15) is 0 Å². The fourth-order valence-electron chi connectivity index (χ4n) is 4.38. The van der Waals surface area contributed by atoms with E-state index in [0.29, 0.717) is 0 Å². The lowest BCUT2D eigenvalue weighted by Crippen LogP contribution is -2.43. The Balaban J connectivity index is 1.57. The minimum atomic E-state index is 0.866. The zero-order chi connectivity index (χ0) is 23.0. The van der Waals surface area contributed by atoms with E-state index in [2.05, 4.69) is 143 Å². The molecule has 166 valence electrons. The first-order valence-electron chi connectivity index (χ1n) is 11.9. The molecule has 4 aromatic carbocycles. The van der Waals surface area contributed by atoms with Crippen LogP contribution in [0.25, 0.3) is 33.6 Å². The van der Waals surface area contributed by atoms with E-state index in [4.69, 9.17) is 0 Å². The second-order valence-electron chi connectivity index (χ2n) is 8.43. The molecule has 0 atom stereocenters. The summed E-state index contributed by atoms with van der Waals surface area (Å²) in [6.07, 6.45) is 0. The highest BCUT2D eigenvalue weighted by Gasteiger charge is 2.22. The van der Waals surface area contributed by atoms with Crippen molar-refractivity contribution in [3.63, 3.8) is 0 Å². The van der Waals surface area contributed by atoms with Crippen molar-refractivity contribution in [3.8, 4) is 33.6 Å². The van der Waals surface area contributed by atoms with Gasteiger partial charge >= 0.3 is 0 Å². The van der Waals surface area contributed by atoms with Gasteiger partial charge in [-0.25, -0.2) is 0 Å². The van der Waals surface area contributed by atoms with E-state index < -0.39 is 0 Å². The Morgan fingerprint density at radius 1 is 0.471 bits per heavy atom. The Morgan fingerprint density at radius 2 is 0.912 bits per heavy atom. The molecular weight excluding hydrogens is 412 g/mol. The molecule has 0 saturated carbocycles. The number of hydrogen-bond donors (Lipinski definition) is 1. The maximum Gasteiger partial charge on any atom is 0.213 e. The molecule has 0 aliphatic rings. The van der Waals surface area contributed by atoms with Crippen LogP contribution in [0.3, 0.4) is 0 Å². The average Bonchev–Trinajstić information content (AvgIpc) is 2.93. The molecule has 0 fully saturated rings. The monoisotopic (exact) mass is 441 g/mol. The van der Waals surface area contributed by atoms with E-state index in [1.807, 2.05) is 0 Å². The molecule has 2 heteroatoms. The van der Waals surface area contributed by atoms with Crippen molar-refractivity contribution >= 4 is 0 Å². The molecule has 0 amide bonds. The van der Waals surface area contributed by atoms with Crippen LogP contribution in [0.2, 0.25) is 0 Å². The number of aromatic nitrogens is 1. The Labute approximate surface area is 202 Å². The van der Waals surface area contributed by atoms with Crippen LogP contribution < -0.4 is 9.88 Å². The third-order valence-corrected chi connectivity index (χ3v) is 6.10. The molecule has 2 nitrogen and oxygen atoms in total. The van der Waals surface area contributed by atoms with Crippen LogP contribution in [0.5, 0.6) is 0 Å². The van der Waals surface area contributed by atoms with E-state index in [9.17, 15) is 0 Å².